The molecule has 0 fully saturated rings. The van der Waals surface area contributed by atoms with E-state index < -0.39 is 0 Å². The van der Waals surface area contributed by atoms with Gasteiger partial charge in [0.1, 0.15) is 0 Å². The number of rotatable bonds is 6. The Bertz CT molecular complexity index is 177. The highest BCUT2D eigenvalue weighted by Crippen LogP contribution is 1.99. The van der Waals surface area contributed by atoms with E-state index in [2.05, 4.69) is 14.6 Å². The Hall–Kier alpha value is -0.520. The molecule has 5 heteroatoms. The standard InChI is InChI=1S/C8H18N4S/c1-10-13-8(9)4-5-11-6-7-12(2)3/h4-5,10H,6-7,9H2,1-3H3. The largest absolute Gasteiger partial charge is 0.392 e. The summed E-state index contributed by atoms with van der Waals surface area (Å²) in [6.45, 7) is 1.77. The monoisotopic (exact) mass is 202 g/mol. The summed E-state index contributed by atoms with van der Waals surface area (Å²) in [5.41, 5.74) is 5.59. The molecule has 13 heavy (non-hydrogen) atoms. The maximum absolute atomic E-state index is 5.59. The van der Waals surface area contributed by atoms with E-state index >= 15 is 0 Å². The van der Waals surface area contributed by atoms with Gasteiger partial charge < -0.3 is 10.6 Å². The van der Waals surface area contributed by atoms with Crippen molar-refractivity contribution in [2.75, 3.05) is 34.2 Å². The zero-order valence-electron chi connectivity index (χ0n) is 8.45. The van der Waals surface area contributed by atoms with Crippen LogP contribution in [-0.2, 0) is 0 Å². The van der Waals surface area contributed by atoms with E-state index in [0.717, 1.165) is 18.1 Å². The van der Waals surface area contributed by atoms with Gasteiger partial charge in [0.25, 0.3) is 0 Å². The average Bonchev–Trinajstić information content (AvgIpc) is 2.03. The summed E-state index contributed by atoms with van der Waals surface area (Å²) < 4.78 is 2.88. The number of likely N-dealkylation sites (N-methyl/N-ethyl adjacent to an activating group) is 1. The summed E-state index contributed by atoms with van der Waals surface area (Å²) in [6, 6.07) is 0. The highest BCUT2D eigenvalue weighted by Gasteiger charge is 1.86. The fourth-order valence-corrected chi connectivity index (χ4v) is 0.975. The van der Waals surface area contributed by atoms with Gasteiger partial charge in [0.2, 0.25) is 0 Å². The molecule has 0 radical (unpaired) electrons. The van der Waals surface area contributed by atoms with E-state index in [4.69, 9.17) is 5.73 Å². The van der Waals surface area contributed by atoms with Crippen LogP contribution in [0.1, 0.15) is 0 Å². The minimum atomic E-state index is 0.719. The van der Waals surface area contributed by atoms with Crippen LogP contribution in [0.3, 0.4) is 0 Å². The first kappa shape index (κ1) is 12.5. The Morgan fingerprint density at radius 2 is 2.31 bits per heavy atom. The molecule has 0 saturated carbocycles. The van der Waals surface area contributed by atoms with Gasteiger partial charge >= 0.3 is 0 Å². The molecule has 76 valence electrons. The topological polar surface area (TPSA) is 53.6 Å². The molecule has 3 N–H and O–H groups in total. The van der Waals surface area contributed by atoms with Crippen molar-refractivity contribution in [3.63, 3.8) is 0 Å². The average molecular weight is 202 g/mol. The fourth-order valence-electron chi connectivity index (χ4n) is 0.610. The van der Waals surface area contributed by atoms with E-state index in [9.17, 15) is 0 Å². The molecule has 0 heterocycles. The van der Waals surface area contributed by atoms with Crippen LogP contribution < -0.4 is 10.5 Å². The van der Waals surface area contributed by atoms with Crippen molar-refractivity contribution in [3.8, 4) is 0 Å². The first-order valence-electron chi connectivity index (χ1n) is 4.10. The van der Waals surface area contributed by atoms with Crippen molar-refractivity contribution in [3.05, 3.63) is 11.1 Å². The van der Waals surface area contributed by atoms with E-state index in [-0.39, 0.29) is 0 Å². The summed E-state index contributed by atoms with van der Waals surface area (Å²) in [5.74, 6) is 0. The number of allylic oxidation sites excluding steroid dienone is 1. The van der Waals surface area contributed by atoms with Crippen molar-refractivity contribution >= 4 is 18.2 Å². The van der Waals surface area contributed by atoms with Crippen LogP contribution in [0.5, 0.6) is 0 Å². The molecule has 0 atom stereocenters. The SMILES string of the molecule is CNSC(N)=CC=NCCN(C)C. The minimum Gasteiger partial charge on any atom is -0.392 e. The Morgan fingerprint density at radius 3 is 2.85 bits per heavy atom. The van der Waals surface area contributed by atoms with Gasteiger partial charge in [-0.1, -0.05) is 0 Å². The first-order chi connectivity index (χ1) is 6.16. The molecular weight excluding hydrogens is 184 g/mol. The zero-order valence-corrected chi connectivity index (χ0v) is 9.27. The second kappa shape index (κ2) is 8.10. The maximum Gasteiger partial charge on any atom is 0.0823 e. The van der Waals surface area contributed by atoms with E-state index in [1.54, 1.807) is 12.3 Å². The molecule has 0 amide bonds. The Kier molecular flexibility index (Phi) is 7.77. The summed E-state index contributed by atoms with van der Waals surface area (Å²) >= 11 is 1.38. The van der Waals surface area contributed by atoms with Crippen LogP contribution in [0.15, 0.2) is 16.1 Å². The highest BCUT2D eigenvalue weighted by atomic mass is 32.2. The molecule has 0 aromatic rings. The zero-order chi connectivity index (χ0) is 10.1. The predicted molar refractivity (Wildman–Crippen MR) is 60.8 cm³/mol. The second-order valence-corrected chi connectivity index (χ2v) is 3.82. The molecule has 0 aromatic carbocycles. The van der Waals surface area contributed by atoms with E-state index in [0.29, 0.717) is 0 Å². The highest BCUT2D eigenvalue weighted by molar-refractivity contribution is 8.01. The van der Waals surface area contributed by atoms with Crippen molar-refractivity contribution < 1.29 is 0 Å². The second-order valence-electron chi connectivity index (χ2n) is 2.73. The lowest BCUT2D eigenvalue weighted by atomic mass is 10.6. The molecule has 0 rings (SSSR count). The van der Waals surface area contributed by atoms with Crippen molar-refractivity contribution in [1.82, 2.24) is 9.62 Å². The van der Waals surface area contributed by atoms with Crippen LogP contribution in [-0.4, -0.2) is 45.3 Å². The number of nitrogens with zero attached hydrogens (tertiary/aromatic N) is 2. The molecule has 0 aromatic heterocycles. The van der Waals surface area contributed by atoms with Gasteiger partial charge in [-0.3, -0.25) is 9.71 Å². The van der Waals surface area contributed by atoms with Gasteiger partial charge in [-0.25, -0.2) is 0 Å². The Labute approximate surface area is 84.4 Å². The van der Waals surface area contributed by atoms with E-state index in [1.807, 2.05) is 21.1 Å². The number of hydrogen-bond donors (Lipinski definition) is 2. The summed E-state index contributed by atoms with van der Waals surface area (Å²) in [6.07, 6.45) is 3.53. The van der Waals surface area contributed by atoms with Crippen LogP contribution in [0, 0.1) is 0 Å². The van der Waals surface area contributed by atoms with Gasteiger partial charge in [-0.15, -0.1) is 0 Å². The number of nitrogens with one attached hydrogen (secondary N) is 1. The molecule has 0 unspecified atom stereocenters. The number of aliphatic imine (C=N–C) groups is 1. The van der Waals surface area contributed by atoms with Gasteiger partial charge in [-0.05, 0) is 39.2 Å². The molecule has 0 saturated heterocycles. The molecule has 0 aliphatic rings. The summed E-state index contributed by atoms with van der Waals surface area (Å²) in [4.78, 5) is 6.26. The third-order valence-corrected chi connectivity index (χ3v) is 1.82. The van der Waals surface area contributed by atoms with Gasteiger partial charge in [0.15, 0.2) is 0 Å². The van der Waals surface area contributed by atoms with Crippen molar-refractivity contribution in [2.45, 2.75) is 0 Å². The Balaban J connectivity index is 3.55. The molecule has 0 spiro atoms. The Morgan fingerprint density at radius 1 is 1.62 bits per heavy atom. The van der Waals surface area contributed by atoms with Crippen LogP contribution in [0.25, 0.3) is 0 Å². The van der Waals surface area contributed by atoms with Crippen LogP contribution in [0.2, 0.25) is 0 Å². The quantitative estimate of drug-likeness (QED) is 0.480. The lowest BCUT2D eigenvalue weighted by Gasteiger charge is -2.04. The van der Waals surface area contributed by atoms with Gasteiger partial charge in [-0.2, -0.15) is 0 Å². The summed E-state index contributed by atoms with van der Waals surface area (Å²) in [7, 11) is 5.88. The fraction of sp³-hybridized carbons (Fsp3) is 0.625. The van der Waals surface area contributed by atoms with Crippen LogP contribution >= 0.6 is 11.9 Å². The lowest BCUT2D eigenvalue weighted by molar-refractivity contribution is 0.421. The number of nitrogens with two attached hydrogens (primary N) is 1. The molecule has 0 bridgehead atoms. The smallest absolute Gasteiger partial charge is 0.0823 e. The third kappa shape index (κ3) is 9.39. The van der Waals surface area contributed by atoms with Crippen molar-refractivity contribution in [2.24, 2.45) is 10.7 Å². The van der Waals surface area contributed by atoms with Crippen molar-refractivity contribution in [1.29, 1.82) is 0 Å². The lowest BCUT2D eigenvalue weighted by Crippen LogP contribution is -2.15. The maximum atomic E-state index is 5.59. The molecule has 0 aliphatic heterocycles. The van der Waals surface area contributed by atoms with E-state index in [1.165, 1.54) is 11.9 Å². The van der Waals surface area contributed by atoms with Gasteiger partial charge in [0.05, 0.1) is 11.6 Å². The summed E-state index contributed by atoms with van der Waals surface area (Å²) in [5, 5.41) is 0.719. The van der Waals surface area contributed by atoms with Crippen LogP contribution in [0.4, 0.5) is 0 Å². The van der Waals surface area contributed by atoms with Gasteiger partial charge in [0, 0.05) is 12.8 Å². The molecule has 0 aliphatic carbocycles. The first-order valence-corrected chi connectivity index (χ1v) is 4.92. The number of hydrogen-bond acceptors (Lipinski definition) is 5. The molecular formula is C8H18N4S. The predicted octanol–water partition coefficient (Wildman–Crippen LogP) is 0.286. The third-order valence-electron chi connectivity index (χ3n) is 1.24. The molecule has 4 nitrogen and oxygen atoms in total. The normalized spacial score (nSPS) is 13.1. The minimum absolute atomic E-state index is 0.719.